The quantitative estimate of drug-likeness (QED) is 0.505. The zero-order valence-electron chi connectivity index (χ0n) is 16.4. The molecule has 3 heteroatoms. The molecule has 26 heavy (non-hydrogen) atoms. The molecule has 3 rings (SSSR count). The fraction of sp³-hybridized carbons (Fsp3) is 0.348. The molecule has 2 nitrogen and oxygen atoms in total. The largest absolute Gasteiger partial charge is 0.372 e. The second-order valence-corrected chi connectivity index (χ2v) is 8.53. The van der Waals surface area contributed by atoms with Gasteiger partial charge in [-0.2, -0.15) is 0 Å². The molecule has 136 valence electrons. The van der Waals surface area contributed by atoms with E-state index in [0.29, 0.717) is 0 Å². The number of thiazole rings is 1. The van der Waals surface area contributed by atoms with Crippen molar-refractivity contribution >= 4 is 17.0 Å². The van der Waals surface area contributed by atoms with E-state index in [2.05, 4.69) is 94.1 Å². The number of benzene rings is 2. The van der Waals surface area contributed by atoms with Crippen molar-refractivity contribution < 1.29 is 0 Å². The standard InChI is InChI=1S/C23H28N2S/c1-6-25(7-2)19-15-13-17(14-16-19)20-21(18-11-9-8-10-12-18)26-22(24-20)23(3,4)5/h8-16H,6-7H2,1-5H3. The first kappa shape index (κ1) is 18.7. The van der Waals surface area contributed by atoms with Gasteiger partial charge in [-0.3, -0.25) is 0 Å². The Morgan fingerprint density at radius 3 is 2.00 bits per heavy atom. The van der Waals surface area contributed by atoms with Crippen LogP contribution in [0.25, 0.3) is 21.7 Å². The van der Waals surface area contributed by atoms with E-state index in [4.69, 9.17) is 4.98 Å². The van der Waals surface area contributed by atoms with Crippen molar-refractivity contribution in [1.82, 2.24) is 4.98 Å². The Balaban J connectivity index is 2.07. The van der Waals surface area contributed by atoms with Gasteiger partial charge in [0, 0.05) is 29.8 Å². The third kappa shape index (κ3) is 3.83. The van der Waals surface area contributed by atoms with E-state index in [1.54, 1.807) is 0 Å². The first-order valence-corrected chi connectivity index (χ1v) is 10.2. The molecule has 0 aliphatic carbocycles. The van der Waals surface area contributed by atoms with Crippen LogP contribution in [0.5, 0.6) is 0 Å². The van der Waals surface area contributed by atoms with Crippen LogP contribution >= 0.6 is 11.3 Å². The summed E-state index contributed by atoms with van der Waals surface area (Å²) in [6.07, 6.45) is 0. The average Bonchev–Trinajstić information content (AvgIpc) is 3.10. The molecule has 0 aliphatic heterocycles. The minimum atomic E-state index is 0.0492. The Morgan fingerprint density at radius 1 is 0.846 bits per heavy atom. The van der Waals surface area contributed by atoms with E-state index in [9.17, 15) is 0 Å². The highest BCUT2D eigenvalue weighted by molar-refractivity contribution is 7.15. The van der Waals surface area contributed by atoms with Gasteiger partial charge in [0.2, 0.25) is 0 Å². The minimum Gasteiger partial charge on any atom is -0.372 e. The molecule has 1 aromatic heterocycles. The maximum atomic E-state index is 5.05. The van der Waals surface area contributed by atoms with E-state index < -0.39 is 0 Å². The summed E-state index contributed by atoms with van der Waals surface area (Å²) in [5.74, 6) is 0. The number of anilines is 1. The molecule has 0 unspecified atom stereocenters. The SMILES string of the molecule is CCN(CC)c1ccc(-c2nc(C(C)(C)C)sc2-c2ccccc2)cc1. The highest BCUT2D eigenvalue weighted by Gasteiger charge is 2.23. The van der Waals surface area contributed by atoms with Gasteiger partial charge in [-0.25, -0.2) is 4.98 Å². The zero-order chi connectivity index (χ0) is 18.7. The lowest BCUT2D eigenvalue weighted by atomic mass is 9.98. The lowest BCUT2D eigenvalue weighted by Gasteiger charge is -2.21. The summed E-state index contributed by atoms with van der Waals surface area (Å²) < 4.78 is 0. The molecule has 0 spiro atoms. The molecular weight excluding hydrogens is 336 g/mol. The first-order valence-electron chi connectivity index (χ1n) is 9.36. The number of hydrogen-bond donors (Lipinski definition) is 0. The second-order valence-electron chi connectivity index (χ2n) is 7.53. The Morgan fingerprint density at radius 2 is 1.46 bits per heavy atom. The van der Waals surface area contributed by atoms with Crippen LogP contribution in [0.1, 0.15) is 39.6 Å². The lowest BCUT2D eigenvalue weighted by molar-refractivity contribution is 0.586. The molecule has 0 amide bonds. The topological polar surface area (TPSA) is 16.1 Å². The Labute approximate surface area is 161 Å². The molecule has 0 saturated carbocycles. The normalized spacial score (nSPS) is 11.6. The van der Waals surface area contributed by atoms with Crippen molar-refractivity contribution in [2.45, 2.75) is 40.0 Å². The van der Waals surface area contributed by atoms with E-state index in [0.717, 1.165) is 18.8 Å². The second kappa shape index (κ2) is 7.63. The molecule has 0 saturated heterocycles. The van der Waals surface area contributed by atoms with Crippen LogP contribution in [0.4, 0.5) is 5.69 Å². The average molecular weight is 365 g/mol. The predicted octanol–water partition coefficient (Wildman–Crippen LogP) is 6.62. The predicted molar refractivity (Wildman–Crippen MR) is 115 cm³/mol. The third-order valence-corrected chi connectivity index (χ3v) is 6.10. The van der Waals surface area contributed by atoms with Crippen molar-refractivity contribution in [3.8, 4) is 21.7 Å². The maximum absolute atomic E-state index is 5.05. The molecule has 0 atom stereocenters. The van der Waals surface area contributed by atoms with E-state index >= 15 is 0 Å². The van der Waals surface area contributed by atoms with Crippen LogP contribution in [-0.4, -0.2) is 18.1 Å². The Hall–Kier alpha value is -2.13. The summed E-state index contributed by atoms with van der Waals surface area (Å²) >= 11 is 1.81. The summed E-state index contributed by atoms with van der Waals surface area (Å²) in [5.41, 5.74) is 4.84. The summed E-state index contributed by atoms with van der Waals surface area (Å²) in [6, 6.07) is 19.5. The molecule has 0 N–H and O–H groups in total. The Bertz CT molecular complexity index is 838. The van der Waals surface area contributed by atoms with Crippen LogP contribution < -0.4 is 4.90 Å². The van der Waals surface area contributed by atoms with E-state index in [1.807, 2.05) is 11.3 Å². The van der Waals surface area contributed by atoms with Gasteiger partial charge in [0.15, 0.2) is 0 Å². The molecule has 0 radical (unpaired) electrons. The van der Waals surface area contributed by atoms with Gasteiger partial charge in [0.1, 0.15) is 0 Å². The number of rotatable bonds is 5. The highest BCUT2D eigenvalue weighted by Crippen LogP contribution is 2.40. The van der Waals surface area contributed by atoms with Crippen molar-refractivity contribution in [2.75, 3.05) is 18.0 Å². The van der Waals surface area contributed by atoms with Crippen molar-refractivity contribution in [3.63, 3.8) is 0 Å². The molecule has 1 heterocycles. The summed E-state index contributed by atoms with van der Waals surface area (Å²) in [6.45, 7) is 13.1. The van der Waals surface area contributed by atoms with Crippen molar-refractivity contribution in [3.05, 3.63) is 59.6 Å². The molecule has 3 aromatic rings. The third-order valence-electron chi connectivity index (χ3n) is 4.57. The van der Waals surface area contributed by atoms with Gasteiger partial charge in [-0.1, -0.05) is 63.2 Å². The number of aromatic nitrogens is 1. The maximum Gasteiger partial charge on any atom is 0.0992 e. The summed E-state index contributed by atoms with van der Waals surface area (Å²) in [5, 5.41) is 1.18. The van der Waals surface area contributed by atoms with Crippen molar-refractivity contribution in [2.24, 2.45) is 0 Å². The molecule has 2 aromatic carbocycles. The van der Waals surface area contributed by atoms with Crippen LogP contribution in [0.15, 0.2) is 54.6 Å². The van der Waals surface area contributed by atoms with Gasteiger partial charge in [-0.05, 0) is 31.5 Å². The fourth-order valence-corrected chi connectivity index (χ4v) is 4.19. The van der Waals surface area contributed by atoms with Gasteiger partial charge in [0.05, 0.1) is 15.6 Å². The van der Waals surface area contributed by atoms with Crippen LogP contribution in [0, 0.1) is 0 Å². The first-order chi connectivity index (χ1) is 12.4. The molecular formula is C23H28N2S. The van der Waals surface area contributed by atoms with Gasteiger partial charge in [0.25, 0.3) is 0 Å². The lowest BCUT2D eigenvalue weighted by Crippen LogP contribution is -2.21. The Kier molecular flexibility index (Phi) is 5.47. The number of hydrogen-bond acceptors (Lipinski definition) is 3. The van der Waals surface area contributed by atoms with E-state index in [-0.39, 0.29) is 5.41 Å². The summed E-state index contributed by atoms with van der Waals surface area (Å²) in [7, 11) is 0. The minimum absolute atomic E-state index is 0.0492. The molecule has 0 fully saturated rings. The smallest absolute Gasteiger partial charge is 0.0992 e. The zero-order valence-corrected chi connectivity index (χ0v) is 17.2. The van der Waals surface area contributed by atoms with Crippen LogP contribution in [0.2, 0.25) is 0 Å². The van der Waals surface area contributed by atoms with Crippen molar-refractivity contribution in [1.29, 1.82) is 0 Å². The fourth-order valence-electron chi connectivity index (χ4n) is 3.04. The van der Waals surface area contributed by atoms with Gasteiger partial charge in [-0.15, -0.1) is 11.3 Å². The highest BCUT2D eigenvalue weighted by atomic mass is 32.1. The van der Waals surface area contributed by atoms with Crippen LogP contribution in [-0.2, 0) is 5.41 Å². The van der Waals surface area contributed by atoms with Crippen LogP contribution in [0.3, 0.4) is 0 Å². The monoisotopic (exact) mass is 364 g/mol. The number of nitrogens with zero attached hydrogens (tertiary/aromatic N) is 2. The van der Waals surface area contributed by atoms with E-state index in [1.165, 1.54) is 26.7 Å². The summed E-state index contributed by atoms with van der Waals surface area (Å²) in [4.78, 5) is 8.67. The van der Waals surface area contributed by atoms with Gasteiger partial charge >= 0.3 is 0 Å². The van der Waals surface area contributed by atoms with Gasteiger partial charge < -0.3 is 4.90 Å². The molecule has 0 aliphatic rings. The molecule has 0 bridgehead atoms.